The summed E-state index contributed by atoms with van der Waals surface area (Å²) < 4.78 is 45.2. The average molecular weight is 299 g/mol. The Morgan fingerprint density at radius 3 is 2.80 bits per heavy atom. The molecule has 0 heterocycles. The number of hydrogen-bond acceptors (Lipinski definition) is 3. The minimum absolute atomic E-state index is 0.136. The molecule has 4 nitrogen and oxygen atoms in total. The molecule has 0 saturated heterocycles. The van der Waals surface area contributed by atoms with Gasteiger partial charge in [0.05, 0.1) is 7.11 Å². The lowest BCUT2D eigenvalue weighted by atomic mass is 10.0. The molecule has 110 valence electrons. The van der Waals surface area contributed by atoms with E-state index in [1.54, 1.807) is 0 Å². The van der Waals surface area contributed by atoms with Gasteiger partial charge in [-0.3, -0.25) is 0 Å². The maximum atomic E-state index is 13.2. The number of methoxy groups -OCH3 is 1. The number of rotatable bonds is 5. The van der Waals surface area contributed by atoms with Crippen molar-refractivity contribution in [3.05, 3.63) is 35.7 Å². The minimum Gasteiger partial charge on any atom is -0.495 e. The van der Waals surface area contributed by atoms with Crippen LogP contribution in [0.4, 0.5) is 4.39 Å². The molecule has 0 unspecified atom stereocenters. The maximum absolute atomic E-state index is 13.2. The van der Waals surface area contributed by atoms with Gasteiger partial charge >= 0.3 is 0 Å². The van der Waals surface area contributed by atoms with Crippen molar-refractivity contribution >= 4 is 10.0 Å². The first-order chi connectivity index (χ1) is 9.53. The fraction of sp³-hybridized carbons (Fsp3) is 0.429. The molecule has 1 aromatic carbocycles. The monoisotopic (exact) mass is 299 g/mol. The summed E-state index contributed by atoms with van der Waals surface area (Å²) in [5.41, 5.74) is 1.08. The molecule has 2 rings (SSSR count). The van der Waals surface area contributed by atoms with E-state index in [9.17, 15) is 12.8 Å². The van der Waals surface area contributed by atoms with Gasteiger partial charge in [0.25, 0.3) is 0 Å². The normalized spacial score (nSPS) is 15.8. The van der Waals surface area contributed by atoms with Crippen molar-refractivity contribution < 1.29 is 17.5 Å². The number of allylic oxidation sites excluding steroid dienone is 1. The molecule has 0 radical (unpaired) electrons. The molecule has 0 saturated carbocycles. The lowest BCUT2D eigenvalue weighted by Crippen LogP contribution is -2.27. The molecule has 1 N–H and O–H groups in total. The fourth-order valence-electron chi connectivity index (χ4n) is 2.19. The van der Waals surface area contributed by atoms with Crippen LogP contribution in [0.5, 0.6) is 5.75 Å². The van der Waals surface area contributed by atoms with Gasteiger partial charge in [-0.25, -0.2) is 17.5 Å². The molecule has 0 spiro atoms. The summed E-state index contributed by atoms with van der Waals surface area (Å²) in [6.07, 6.45) is 6.18. The smallest absolute Gasteiger partial charge is 0.244 e. The largest absolute Gasteiger partial charge is 0.495 e. The van der Waals surface area contributed by atoms with Gasteiger partial charge in [-0.05, 0) is 43.9 Å². The quantitative estimate of drug-likeness (QED) is 0.850. The van der Waals surface area contributed by atoms with Crippen LogP contribution in [0.2, 0.25) is 0 Å². The molecule has 0 aliphatic heterocycles. The number of ether oxygens (including phenoxy) is 1. The van der Waals surface area contributed by atoms with Crippen molar-refractivity contribution in [3.8, 4) is 5.75 Å². The van der Waals surface area contributed by atoms with Crippen molar-refractivity contribution in [1.82, 2.24) is 4.72 Å². The summed E-state index contributed by atoms with van der Waals surface area (Å²) in [6.45, 7) is 0.266. The Bertz CT molecular complexity index is 611. The molecule has 0 aromatic heterocycles. The lowest BCUT2D eigenvalue weighted by molar-refractivity contribution is 0.400. The van der Waals surface area contributed by atoms with Gasteiger partial charge in [0, 0.05) is 6.54 Å². The van der Waals surface area contributed by atoms with Crippen LogP contribution in [0.3, 0.4) is 0 Å². The average Bonchev–Trinajstić information content (AvgIpc) is 2.46. The molecule has 0 amide bonds. The molecular formula is C14H18FNO3S. The minimum atomic E-state index is -3.78. The number of hydrogen-bond donors (Lipinski definition) is 1. The molecular weight excluding hydrogens is 281 g/mol. The Kier molecular flexibility index (Phi) is 4.77. The summed E-state index contributed by atoms with van der Waals surface area (Å²) in [6, 6.07) is 3.45. The topological polar surface area (TPSA) is 55.4 Å². The second-order valence-electron chi connectivity index (χ2n) is 4.73. The first-order valence-electron chi connectivity index (χ1n) is 6.54. The van der Waals surface area contributed by atoms with Crippen molar-refractivity contribution in [1.29, 1.82) is 0 Å². The van der Waals surface area contributed by atoms with E-state index in [1.807, 2.05) is 0 Å². The maximum Gasteiger partial charge on any atom is 0.244 e. The zero-order valence-corrected chi connectivity index (χ0v) is 12.2. The molecule has 20 heavy (non-hydrogen) atoms. The second-order valence-corrected chi connectivity index (χ2v) is 6.46. The van der Waals surface area contributed by atoms with Crippen LogP contribution in [0.1, 0.15) is 25.7 Å². The predicted octanol–water partition coefficient (Wildman–Crippen LogP) is 2.61. The lowest BCUT2D eigenvalue weighted by Gasteiger charge is -2.15. The standard InChI is InChI=1S/C14H18FNO3S/c1-19-13-8-7-12(15)9-14(13)20(17,18)16-10-11-5-3-2-4-6-11/h5,7-9,16H,2-4,6,10H2,1H3. The molecule has 1 aromatic rings. The molecule has 1 aliphatic rings. The van der Waals surface area contributed by atoms with Crippen molar-refractivity contribution in [3.63, 3.8) is 0 Å². The number of halogens is 1. The number of nitrogens with one attached hydrogen (secondary N) is 1. The zero-order valence-electron chi connectivity index (χ0n) is 11.4. The van der Waals surface area contributed by atoms with Gasteiger partial charge in [0.15, 0.2) is 0 Å². The van der Waals surface area contributed by atoms with Crippen LogP contribution in [-0.2, 0) is 10.0 Å². The highest BCUT2D eigenvalue weighted by Crippen LogP contribution is 2.24. The Labute approximate surface area is 118 Å². The van der Waals surface area contributed by atoms with E-state index < -0.39 is 15.8 Å². The molecule has 0 fully saturated rings. The van der Waals surface area contributed by atoms with Crippen molar-refractivity contribution in [2.75, 3.05) is 13.7 Å². The summed E-state index contributed by atoms with van der Waals surface area (Å²) >= 11 is 0. The van der Waals surface area contributed by atoms with Crippen molar-refractivity contribution in [2.24, 2.45) is 0 Å². The molecule has 0 bridgehead atoms. The van der Waals surface area contributed by atoms with E-state index in [2.05, 4.69) is 10.8 Å². The summed E-state index contributed by atoms with van der Waals surface area (Å²) in [7, 11) is -2.42. The summed E-state index contributed by atoms with van der Waals surface area (Å²) in [4.78, 5) is -0.170. The summed E-state index contributed by atoms with van der Waals surface area (Å²) in [5.74, 6) is -0.473. The highest BCUT2D eigenvalue weighted by Gasteiger charge is 2.20. The van der Waals surface area contributed by atoms with Crippen LogP contribution in [0, 0.1) is 5.82 Å². The molecule has 1 aliphatic carbocycles. The van der Waals surface area contributed by atoms with Gasteiger partial charge in [0.2, 0.25) is 10.0 Å². The first kappa shape index (κ1) is 15.0. The number of benzene rings is 1. The molecule has 6 heteroatoms. The number of sulfonamides is 1. The van der Waals surface area contributed by atoms with E-state index >= 15 is 0 Å². The SMILES string of the molecule is COc1ccc(F)cc1S(=O)(=O)NCC1=CCCCC1. The highest BCUT2D eigenvalue weighted by atomic mass is 32.2. The Balaban J connectivity index is 2.17. The van der Waals surface area contributed by atoms with Gasteiger partial charge in [0.1, 0.15) is 16.5 Å². The van der Waals surface area contributed by atoms with Gasteiger partial charge in [-0.2, -0.15) is 0 Å². The van der Waals surface area contributed by atoms with Gasteiger partial charge < -0.3 is 4.74 Å². The van der Waals surface area contributed by atoms with Crippen LogP contribution in [0.15, 0.2) is 34.7 Å². The Hall–Kier alpha value is -1.40. The van der Waals surface area contributed by atoms with Crippen LogP contribution in [-0.4, -0.2) is 22.1 Å². The third-order valence-electron chi connectivity index (χ3n) is 3.29. The van der Waals surface area contributed by atoms with E-state index in [4.69, 9.17) is 4.74 Å². The van der Waals surface area contributed by atoms with E-state index in [1.165, 1.54) is 19.2 Å². The third kappa shape index (κ3) is 3.58. The van der Waals surface area contributed by atoms with Crippen LogP contribution in [0.25, 0.3) is 0 Å². The van der Waals surface area contributed by atoms with Gasteiger partial charge in [-0.15, -0.1) is 0 Å². The Morgan fingerprint density at radius 1 is 1.35 bits per heavy atom. The third-order valence-corrected chi connectivity index (χ3v) is 4.71. The van der Waals surface area contributed by atoms with Crippen LogP contribution >= 0.6 is 0 Å². The second kappa shape index (κ2) is 6.37. The molecule has 0 atom stereocenters. The van der Waals surface area contributed by atoms with Crippen molar-refractivity contribution in [2.45, 2.75) is 30.6 Å². The van der Waals surface area contributed by atoms with Crippen LogP contribution < -0.4 is 9.46 Å². The predicted molar refractivity (Wildman–Crippen MR) is 74.7 cm³/mol. The summed E-state index contributed by atoms with van der Waals surface area (Å²) in [5, 5.41) is 0. The zero-order chi connectivity index (χ0) is 14.6. The Morgan fingerprint density at radius 2 is 2.15 bits per heavy atom. The van der Waals surface area contributed by atoms with Gasteiger partial charge in [-0.1, -0.05) is 11.6 Å². The van der Waals surface area contributed by atoms with E-state index in [-0.39, 0.29) is 17.2 Å². The first-order valence-corrected chi connectivity index (χ1v) is 8.02. The fourth-order valence-corrected chi connectivity index (χ4v) is 3.41. The van der Waals surface area contributed by atoms with E-state index in [0.717, 1.165) is 37.3 Å². The van der Waals surface area contributed by atoms with E-state index in [0.29, 0.717) is 0 Å². The highest BCUT2D eigenvalue weighted by molar-refractivity contribution is 7.89.